The topological polar surface area (TPSA) is 123 Å². The van der Waals surface area contributed by atoms with Crippen LogP contribution in [0.2, 0.25) is 0 Å². The van der Waals surface area contributed by atoms with Gasteiger partial charge in [0, 0.05) is 17.3 Å². The van der Waals surface area contributed by atoms with E-state index < -0.39 is 10.8 Å². The number of aryl methyl sites for hydroxylation is 2. The third-order valence-electron chi connectivity index (χ3n) is 3.88. The van der Waals surface area contributed by atoms with Crippen molar-refractivity contribution < 1.29 is 14.5 Å². The molecule has 25 heavy (non-hydrogen) atoms. The van der Waals surface area contributed by atoms with Crippen LogP contribution in [0.4, 0.5) is 5.69 Å². The lowest BCUT2D eigenvalue weighted by Crippen LogP contribution is -2.25. The van der Waals surface area contributed by atoms with Crippen molar-refractivity contribution in [1.29, 1.82) is 0 Å². The molecule has 2 heterocycles. The summed E-state index contributed by atoms with van der Waals surface area (Å²) in [4.78, 5) is 27.3. The molecular weight excluding hydrogens is 326 g/mol. The number of aromatic amines is 1. The monoisotopic (exact) mass is 347 g/mol. The van der Waals surface area contributed by atoms with E-state index in [2.05, 4.69) is 20.5 Å². The van der Waals surface area contributed by atoms with Crippen molar-refractivity contribution in [3.63, 3.8) is 0 Å². The number of amides is 1. The summed E-state index contributed by atoms with van der Waals surface area (Å²) in [7, 11) is 1.57. The van der Waals surface area contributed by atoms with Crippen LogP contribution in [0.1, 0.15) is 46.3 Å². The maximum absolute atomic E-state index is 12.3. The highest BCUT2D eigenvalue weighted by Crippen LogP contribution is 2.25. The molecule has 0 fully saturated rings. The van der Waals surface area contributed by atoms with Gasteiger partial charge in [-0.2, -0.15) is 5.10 Å². The van der Waals surface area contributed by atoms with Crippen LogP contribution in [0.5, 0.6) is 5.75 Å². The van der Waals surface area contributed by atoms with Crippen LogP contribution in [0.3, 0.4) is 0 Å². The number of carbonyl (C=O) groups is 1. The number of hydrogen-bond donors (Lipinski definition) is 2. The second-order valence-electron chi connectivity index (χ2n) is 5.64. The lowest BCUT2D eigenvalue weighted by molar-refractivity contribution is -0.385. The van der Waals surface area contributed by atoms with Crippen LogP contribution in [-0.4, -0.2) is 33.1 Å². The normalized spacial score (nSPS) is 10.6. The molecule has 0 atom stereocenters. The van der Waals surface area contributed by atoms with E-state index in [0.29, 0.717) is 30.0 Å². The number of H-pyrrole nitrogens is 1. The summed E-state index contributed by atoms with van der Waals surface area (Å²) in [6.07, 6.45) is 2.81. The number of nitrogens with zero attached hydrogens (tertiary/aromatic N) is 3. The van der Waals surface area contributed by atoms with Crippen LogP contribution in [0.15, 0.2) is 6.20 Å². The van der Waals surface area contributed by atoms with Gasteiger partial charge in [0.25, 0.3) is 5.91 Å². The highest BCUT2D eigenvalue weighted by Gasteiger charge is 2.28. The van der Waals surface area contributed by atoms with E-state index in [9.17, 15) is 14.9 Å². The van der Waals surface area contributed by atoms with Gasteiger partial charge in [0.05, 0.1) is 24.3 Å². The Morgan fingerprint density at radius 2 is 2.16 bits per heavy atom. The number of pyridine rings is 1. The summed E-state index contributed by atoms with van der Waals surface area (Å²) < 4.78 is 5.33. The Bertz CT molecular complexity index is 800. The Morgan fingerprint density at radius 1 is 1.44 bits per heavy atom. The van der Waals surface area contributed by atoms with Crippen molar-refractivity contribution in [2.24, 2.45) is 0 Å². The molecule has 0 aromatic carbocycles. The highest BCUT2D eigenvalue weighted by molar-refractivity contribution is 5.96. The van der Waals surface area contributed by atoms with Crippen molar-refractivity contribution in [2.75, 3.05) is 7.11 Å². The zero-order valence-corrected chi connectivity index (χ0v) is 14.7. The maximum atomic E-state index is 12.3. The quantitative estimate of drug-likeness (QED) is 0.585. The second-order valence-corrected chi connectivity index (χ2v) is 5.64. The maximum Gasteiger partial charge on any atom is 0.322 e. The minimum atomic E-state index is -0.619. The summed E-state index contributed by atoms with van der Waals surface area (Å²) in [6, 6.07) is 0. The van der Waals surface area contributed by atoms with Crippen LogP contribution in [0.25, 0.3) is 0 Å². The molecule has 2 N–H and O–H groups in total. The van der Waals surface area contributed by atoms with Gasteiger partial charge in [-0.05, 0) is 20.3 Å². The number of methoxy groups -OCH3 is 1. The average molecular weight is 347 g/mol. The standard InChI is InChI=1S/C16H21N5O4/c1-5-6-11-14(21(23)24)13(20-19-11)16(22)18-8-12-10(3)15(25-4)9(2)7-17-12/h7H,5-6,8H2,1-4H3,(H,18,22)(H,19,20). The Morgan fingerprint density at radius 3 is 2.76 bits per heavy atom. The van der Waals surface area contributed by atoms with Gasteiger partial charge in [-0.3, -0.25) is 25.0 Å². The number of rotatable bonds is 7. The first-order valence-corrected chi connectivity index (χ1v) is 7.89. The number of hydrogen-bond acceptors (Lipinski definition) is 6. The van der Waals surface area contributed by atoms with Gasteiger partial charge in [-0.15, -0.1) is 0 Å². The van der Waals surface area contributed by atoms with Crippen molar-refractivity contribution in [3.8, 4) is 5.75 Å². The Labute approximate surface area is 145 Å². The van der Waals surface area contributed by atoms with Gasteiger partial charge in [0.1, 0.15) is 11.4 Å². The van der Waals surface area contributed by atoms with Crippen molar-refractivity contribution >= 4 is 11.6 Å². The zero-order valence-electron chi connectivity index (χ0n) is 14.7. The number of nitro groups is 1. The molecule has 134 valence electrons. The lowest BCUT2D eigenvalue weighted by Gasteiger charge is -2.12. The average Bonchev–Trinajstić information content (AvgIpc) is 2.99. The van der Waals surface area contributed by atoms with Gasteiger partial charge < -0.3 is 10.1 Å². The molecule has 0 spiro atoms. The fraction of sp³-hybridized carbons (Fsp3) is 0.438. The van der Waals surface area contributed by atoms with Gasteiger partial charge in [0.15, 0.2) is 0 Å². The molecule has 2 rings (SSSR count). The molecule has 0 saturated heterocycles. The van der Waals surface area contributed by atoms with Crippen molar-refractivity contribution in [2.45, 2.75) is 40.2 Å². The van der Waals surface area contributed by atoms with Crippen LogP contribution < -0.4 is 10.1 Å². The summed E-state index contributed by atoms with van der Waals surface area (Å²) in [5, 5.41) is 20.3. The zero-order chi connectivity index (χ0) is 18.6. The van der Waals surface area contributed by atoms with Crippen molar-refractivity contribution in [3.05, 3.63) is 44.5 Å². The molecule has 0 bridgehead atoms. The minimum absolute atomic E-state index is 0.119. The van der Waals surface area contributed by atoms with E-state index in [1.165, 1.54) is 0 Å². The molecule has 2 aromatic heterocycles. The molecule has 0 radical (unpaired) electrons. The van der Waals surface area contributed by atoms with Crippen molar-refractivity contribution in [1.82, 2.24) is 20.5 Å². The SMILES string of the molecule is CCCc1[nH]nc(C(=O)NCc2ncc(C)c(OC)c2C)c1[N+](=O)[O-]. The second kappa shape index (κ2) is 7.73. The van der Waals surface area contributed by atoms with E-state index in [1.54, 1.807) is 13.3 Å². The lowest BCUT2D eigenvalue weighted by atomic mass is 10.1. The van der Waals surface area contributed by atoms with Crippen LogP contribution in [0, 0.1) is 24.0 Å². The molecular formula is C16H21N5O4. The fourth-order valence-corrected chi connectivity index (χ4v) is 2.65. The van der Waals surface area contributed by atoms with Gasteiger partial charge in [-0.25, -0.2) is 0 Å². The Hall–Kier alpha value is -2.97. The minimum Gasteiger partial charge on any atom is -0.496 e. The van der Waals surface area contributed by atoms with Crippen LogP contribution >= 0.6 is 0 Å². The largest absolute Gasteiger partial charge is 0.496 e. The smallest absolute Gasteiger partial charge is 0.322 e. The molecule has 9 heteroatoms. The highest BCUT2D eigenvalue weighted by atomic mass is 16.6. The molecule has 0 aliphatic rings. The third kappa shape index (κ3) is 3.76. The van der Waals surface area contributed by atoms with E-state index >= 15 is 0 Å². The summed E-state index contributed by atoms with van der Waals surface area (Å²) in [5.41, 5.74) is 2.19. The molecule has 0 aliphatic heterocycles. The first kappa shape index (κ1) is 18.4. The molecule has 0 unspecified atom stereocenters. The third-order valence-corrected chi connectivity index (χ3v) is 3.88. The van der Waals surface area contributed by atoms with E-state index in [-0.39, 0.29) is 17.9 Å². The Kier molecular flexibility index (Phi) is 5.68. The summed E-state index contributed by atoms with van der Waals surface area (Å²) in [6.45, 7) is 5.73. The molecule has 9 nitrogen and oxygen atoms in total. The first-order chi connectivity index (χ1) is 11.9. The van der Waals surface area contributed by atoms with Crippen LogP contribution in [-0.2, 0) is 13.0 Å². The molecule has 0 saturated carbocycles. The van der Waals surface area contributed by atoms with E-state index in [0.717, 1.165) is 11.1 Å². The molecule has 2 aromatic rings. The van der Waals surface area contributed by atoms with E-state index in [4.69, 9.17) is 4.74 Å². The Balaban J connectivity index is 2.20. The molecule has 0 aliphatic carbocycles. The van der Waals surface area contributed by atoms with Gasteiger partial charge >= 0.3 is 5.69 Å². The fourth-order valence-electron chi connectivity index (χ4n) is 2.65. The van der Waals surface area contributed by atoms with Gasteiger partial charge in [0.2, 0.25) is 5.69 Å². The number of carbonyl (C=O) groups excluding carboxylic acids is 1. The summed E-state index contributed by atoms with van der Waals surface area (Å²) in [5.74, 6) is 0.0845. The number of nitrogens with one attached hydrogen (secondary N) is 2. The predicted octanol–water partition coefficient (Wildman–Crippen LogP) is 2.22. The van der Waals surface area contributed by atoms with E-state index in [1.807, 2.05) is 20.8 Å². The number of aromatic nitrogens is 3. The summed E-state index contributed by atoms with van der Waals surface area (Å²) >= 11 is 0. The predicted molar refractivity (Wildman–Crippen MR) is 90.7 cm³/mol. The molecule has 1 amide bonds. The van der Waals surface area contributed by atoms with Gasteiger partial charge in [-0.1, -0.05) is 13.3 Å². The number of ether oxygens (including phenoxy) is 1. The first-order valence-electron chi connectivity index (χ1n) is 7.89.